The van der Waals surface area contributed by atoms with Crippen LogP contribution in [0.25, 0.3) is 0 Å². The minimum absolute atomic E-state index is 0.102. The van der Waals surface area contributed by atoms with Crippen molar-refractivity contribution in [1.82, 2.24) is 0 Å². The molecular formula is C13H17BrF2. The fourth-order valence-corrected chi connectivity index (χ4v) is 2.75. The molecule has 0 bridgehead atoms. The first-order valence-electron chi connectivity index (χ1n) is 5.34. The highest BCUT2D eigenvalue weighted by molar-refractivity contribution is 9.09. The van der Waals surface area contributed by atoms with Crippen molar-refractivity contribution in [2.24, 2.45) is 11.3 Å². The molecule has 0 aliphatic heterocycles. The van der Waals surface area contributed by atoms with Gasteiger partial charge in [0.15, 0.2) is 0 Å². The molecule has 0 nitrogen and oxygen atoms in total. The normalized spacial score (nSPS) is 13.9. The van der Waals surface area contributed by atoms with Gasteiger partial charge < -0.3 is 0 Å². The number of hydrogen-bond acceptors (Lipinski definition) is 0. The van der Waals surface area contributed by atoms with Gasteiger partial charge >= 0.3 is 0 Å². The number of rotatable bonds is 3. The lowest BCUT2D eigenvalue weighted by Gasteiger charge is -2.29. The van der Waals surface area contributed by atoms with E-state index in [0.717, 1.165) is 11.4 Å². The molecule has 1 unspecified atom stereocenters. The molecule has 0 spiro atoms. The van der Waals surface area contributed by atoms with Crippen molar-refractivity contribution in [3.63, 3.8) is 0 Å². The summed E-state index contributed by atoms with van der Waals surface area (Å²) in [7, 11) is 0. The lowest BCUT2D eigenvalue weighted by Crippen LogP contribution is -2.24. The van der Waals surface area contributed by atoms with Gasteiger partial charge in [-0.25, -0.2) is 8.78 Å². The maximum absolute atomic E-state index is 13.5. The predicted octanol–water partition coefficient (Wildman–Crippen LogP) is 4.56. The third-order valence-electron chi connectivity index (χ3n) is 2.89. The molecule has 1 rings (SSSR count). The van der Waals surface area contributed by atoms with Gasteiger partial charge in [-0.05, 0) is 29.4 Å². The molecule has 0 saturated carbocycles. The maximum atomic E-state index is 13.5. The Morgan fingerprint density at radius 3 is 2.31 bits per heavy atom. The summed E-state index contributed by atoms with van der Waals surface area (Å²) in [5, 5.41) is 0.813. The van der Waals surface area contributed by atoms with Gasteiger partial charge in [-0.15, -0.1) is 0 Å². The average Bonchev–Trinajstić information content (AvgIpc) is 2.14. The second-order valence-corrected chi connectivity index (χ2v) is 5.80. The van der Waals surface area contributed by atoms with Crippen molar-refractivity contribution >= 4 is 15.9 Å². The van der Waals surface area contributed by atoms with Crippen molar-refractivity contribution in [3.8, 4) is 0 Å². The van der Waals surface area contributed by atoms with Crippen LogP contribution in [0.3, 0.4) is 0 Å². The van der Waals surface area contributed by atoms with E-state index in [0.29, 0.717) is 17.9 Å². The van der Waals surface area contributed by atoms with Crippen LogP contribution in [-0.2, 0) is 6.42 Å². The highest BCUT2D eigenvalue weighted by atomic mass is 79.9. The molecule has 0 radical (unpaired) electrons. The zero-order chi connectivity index (χ0) is 12.3. The van der Waals surface area contributed by atoms with Gasteiger partial charge in [-0.1, -0.05) is 42.8 Å². The summed E-state index contributed by atoms with van der Waals surface area (Å²) < 4.78 is 26.2. The SMILES string of the molecule is CC(C)(C)C(CBr)Cc1ccc(F)cc1F. The van der Waals surface area contributed by atoms with Crippen LogP contribution in [0.4, 0.5) is 8.78 Å². The van der Waals surface area contributed by atoms with E-state index in [9.17, 15) is 8.78 Å². The third kappa shape index (κ3) is 3.55. The molecule has 0 amide bonds. The van der Waals surface area contributed by atoms with Crippen LogP contribution in [0.2, 0.25) is 0 Å². The fraction of sp³-hybridized carbons (Fsp3) is 0.538. The Hall–Kier alpha value is -0.440. The van der Waals surface area contributed by atoms with Gasteiger partial charge in [0.05, 0.1) is 0 Å². The fourth-order valence-electron chi connectivity index (χ4n) is 1.54. The highest BCUT2D eigenvalue weighted by Gasteiger charge is 2.24. The molecule has 0 heterocycles. The minimum Gasteiger partial charge on any atom is -0.207 e. The Kier molecular flexibility index (Phi) is 4.48. The molecule has 0 fully saturated rings. The monoisotopic (exact) mass is 290 g/mol. The molecule has 0 aromatic heterocycles. The third-order valence-corrected chi connectivity index (χ3v) is 3.67. The van der Waals surface area contributed by atoms with Crippen LogP contribution in [0.1, 0.15) is 26.3 Å². The molecule has 1 aromatic rings. The molecule has 0 N–H and O–H groups in total. The standard InChI is InChI=1S/C13H17BrF2/c1-13(2,3)10(8-14)6-9-4-5-11(15)7-12(9)16/h4-5,7,10H,6,8H2,1-3H3. The number of hydrogen-bond donors (Lipinski definition) is 0. The van der Waals surface area contributed by atoms with Crippen molar-refractivity contribution in [2.45, 2.75) is 27.2 Å². The number of halogens is 3. The van der Waals surface area contributed by atoms with E-state index in [1.165, 1.54) is 12.1 Å². The van der Waals surface area contributed by atoms with E-state index in [1.54, 1.807) is 0 Å². The van der Waals surface area contributed by atoms with E-state index in [-0.39, 0.29) is 5.41 Å². The molecular weight excluding hydrogens is 274 g/mol. The molecule has 16 heavy (non-hydrogen) atoms. The summed E-state index contributed by atoms with van der Waals surface area (Å²) in [6.07, 6.45) is 0.626. The van der Waals surface area contributed by atoms with Crippen molar-refractivity contribution < 1.29 is 8.78 Å². The molecule has 0 aliphatic carbocycles. The Bertz CT molecular complexity index is 355. The summed E-state index contributed by atoms with van der Waals surface area (Å²) >= 11 is 3.45. The Balaban J connectivity index is 2.86. The second-order valence-electron chi connectivity index (χ2n) is 5.16. The van der Waals surface area contributed by atoms with Crippen LogP contribution >= 0.6 is 15.9 Å². The van der Waals surface area contributed by atoms with Crippen molar-refractivity contribution in [2.75, 3.05) is 5.33 Å². The lowest BCUT2D eigenvalue weighted by molar-refractivity contribution is 0.265. The van der Waals surface area contributed by atoms with Gasteiger partial charge in [0.25, 0.3) is 0 Å². The van der Waals surface area contributed by atoms with Crippen molar-refractivity contribution in [1.29, 1.82) is 0 Å². The molecule has 1 aromatic carbocycles. The minimum atomic E-state index is -0.521. The largest absolute Gasteiger partial charge is 0.207 e. The number of benzene rings is 1. The van der Waals surface area contributed by atoms with E-state index < -0.39 is 11.6 Å². The zero-order valence-corrected chi connectivity index (χ0v) is 11.4. The quantitative estimate of drug-likeness (QED) is 0.716. The molecule has 3 heteroatoms. The zero-order valence-electron chi connectivity index (χ0n) is 9.86. The second kappa shape index (κ2) is 5.26. The number of alkyl halides is 1. The van der Waals surface area contributed by atoms with Gasteiger partial charge in [-0.3, -0.25) is 0 Å². The van der Waals surface area contributed by atoms with Gasteiger partial charge in [0.2, 0.25) is 0 Å². The summed E-state index contributed by atoms with van der Waals surface area (Å²) in [6, 6.07) is 3.79. The first kappa shape index (κ1) is 13.6. The van der Waals surface area contributed by atoms with E-state index in [2.05, 4.69) is 36.7 Å². The van der Waals surface area contributed by atoms with Gasteiger partial charge in [-0.2, -0.15) is 0 Å². The molecule has 90 valence electrons. The maximum Gasteiger partial charge on any atom is 0.129 e. The van der Waals surface area contributed by atoms with Crippen LogP contribution in [0.5, 0.6) is 0 Å². The van der Waals surface area contributed by atoms with E-state index in [4.69, 9.17) is 0 Å². The van der Waals surface area contributed by atoms with Crippen LogP contribution in [-0.4, -0.2) is 5.33 Å². The first-order valence-corrected chi connectivity index (χ1v) is 6.46. The summed E-state index contributed by atoms with van der Waals surface area (Å²) in [6.45, 7) is 6.38. The highest BCUT2D eigenvalue weighted by Crippen LogP contribution is 2.31. The summed E-state index contributed by atoms with van der Waals surface area (Å²) in [5.74, 6) is -0.643. The van der Waals surface area contributed by atoms with Crippen LogP contribution < -0.4 is 0 Å². The molecule has 0 saturated heterocycles. The van der Waals surface area contributed by atoms with Crippen LogP contribution in [0, 0.1) is 23.0 Å². The van der Waals surface area contributed by atoms with E-state index in [1.807, 2.05) is 0 Å². The smallest absolute Gasteiger partial charge is 0.129 e. The topological polar surface area (TPSA) is 0 Å². The Labute approximate surface area is 104 Å². The lowest BCUT2D eigenvalue weighted by atomic mass is 9.78. The van der Waals surface area contributed by atoms with Crippen LogP contribution in [0.15, 0.2) is 18.2 Å². The first-order chi connectivity index (χ1) is 7.34. The van der Waals surface area contributed by atoms with E-state index >= 15 is 0 Å². The average molecular weight is 291 g/mol. The van der Waals surface area contributed by atoms with Gasteiger partial charge in [0.1, 0.15) is 11.6 Å². The predicted molar refractivity (Wildman–Crippen MR) is 66.8 cm³/mol. The Morgan fingerprint density at radius 2 is 1.88 bits per heavy atom. The molecule has 0 aliphatic rings. The summed E-state index contributed by atoms with van der Waals surface area (Å²) in [5.41, 5.74) is 0.686. The van der Waals surface area contributed by atoms with Gasteiger partial charge in [0, 0.05) is 11.4 Å². The molecule has 1 atom stereocenters. The summed E-state index contributed by atoms with van der Waals surface area (Å²) in [4.78, 5) is 0. The Morgan fingerprint density at radius 1 is 1.25 bits per heavy atom. The van der Waals surface area contributed by atoms with Crippen molar-refractivity contribution in [3.05, 3.63) is 35.4 Å².